The number of alkyl halides is 2. The van der Waals surface area contributed by atoms with Gasteiger partial charge in [-0.05, 0) is 36.4 Å². The molecule has 0 spiro atoms. The van der Waals surface area contributed by atoms with Gasteiger partial charge in [0.1, 0.15) is 12.4 Å². The summed E-state index contributed by atoms with van der Waals surface area (Å²) in [5, 5.41) is 0. The maximum atomic E-state index is 13.3. The minimum Gasteiger partial charge on any atom is -0.486 e. The van der Waals surface area contributed by atoms with E-state index >= 15 is 0 Å². The van der Waals surface area contributed by atoms with Crippen LogP contribution in [-0.2, 0) is 16.4 Å². The van der Waals surface area contributed by atoms with E-state index in [0.29, 0.717) is 16.8 Å². The molecule has 0 fully saturated rings. The molecule has 5 nitrogen and oxygen atoms in total. The molecule has 0 radical (unpaired) electrons. The summed E-state index contributed by atoms with van der Waals surface area (Å²) in [6.45, 7) is -2.89. The van der Waals surface area contributed by atoms with Crippen LogP contribution in [0.1, 0.15) is 12.4 Å². The van der Waals surface area contributed by atoms with Crippen molar-refractivity contribution >= 4 is 20.9 Å². The number of hydrogen-bond acceptors (Lipinski definition) is 4. The van der Waals surface area contributed by atoms with Crippen molar-refractivity contribution in [2.75, 3.05) is 6.26 Å². The Labute approximate surface area is 137 Å². The molecule has 126 valence electrons. The second kappa shape index (κ2) is 6.20. The highest BCUT2D eigenvalue weighted by atomic mass is 32.2. The Hall–Kier alpha value is -2.48. The summed E-state index contributed by atoms with van der Waals surface area (Å²) in [5.74, 6) is 0.466. The highest BCUT2D eigenvalue weighted by Crippen LogP contribution is 2.24. The minimum absolute atomic E-state index is 0.0957. The van der Waals surface area contributed by atoms with Crippen molar-refractivity contribution in [1.29, 1.82) is 0 Å². The van der Waals surface area contributed by atoms with Crippen molar-refractivity contribution in [1.82, 2.24) is 9.55 Å². The van der Waals surface area contributed by atoms with E-state index in [2.05, 4.69) is 4.98 Å². The number of para-hydroxylation sites is 2. The van der Waals surface area contributed by atoms with Gasteiger partial charge in [-0.2, -0.15) is 8.78 Å². The van der Waals surface area contributed by atoms with Crippen molar-refractivity contribution in [2.45, 2.75) is 18.1 Å². The van der Waals surface area contributed by atoms with E-state index in [1.165, 1.54) is 24.3 Å². The van der Waals surface area contributed by atoms with Gasteiger partial charge in [-0.25, -0.2) is 13.4 Å². The predicted molar refractivity (Wildman–Crippen MR) is 84.9 cm³/mol. The zero-order valence-electron chi connectivity index (χ0n) is 12.7. The van der Waals surface area contributed by atoms with E-state index < -0.39 is 16.4 Å². The van der Waals surface area contributed by atoms with E-state index in [4.69, 9.17) is 4.74 Å². The Kier molecular flexibility index (Phi) is 4.23. The molecule has 8 heteroatoms. The van der Waals surface area contributed by atoms with Crippen LogP contribution in [0.2, 0.25) is 0 Å². The maximum Gasteiger partial charge on any atom is 0.320 e. The fraction of sp³-hybridized carbons (Fsp3) is 0.188. The van der Waals surface area contributed by atoms with Crippen LogP contribution in [0.5, 0.6) is 5.75 Å². The Bertz CT molecular complexity index is 967. The van der Waals surface area contributed by atoms with Crippen LogP contribution in [0, 0.1) is 0 Å². The summed E-state index contributed by atoms with van der Waals surface area (Å²) in [5.41, 5.74) is 0.794. The largest absolute Gasteiger partial charge is 0.486 e. The summed E-state index contributed by atoms with van der Waals surface area (Å²) in [7, 11) is -3.29. The number of ether oxygens (including phenoxy) is 1. The molecule has 0 unspecified atom stereocenters. The standard InChI is InChI=1S/C16H14F2N2O3S/c1-24(21,22)12-8-6-11(7-9-12)23-10-15-19-13-4-2-3-5-14(13)20(15)16(17)18/h2-9,16H,10H2,1H3. The zero-order chi connectivity index (χ0) is 17.3. The molecule has 0 amide bonds. The third-order valence-electron chi connectivity index (χ3n) is 3.48. The molecule has 1 heterocycles. The SMILES string of the molecule is CS(=O)(=O)c1ccc(OCc2nc3ccccc3n2C(F)F)cc1. The average Bonchev–Trinajstić information content (AvgIpc) is 2.91. The molecular formula is C16H14F2N2O3S. The molecule has 0 aliphatic carbocycles. The van der Waals surface area contributed by atoms with Crippen LogP contribution in [0.3, 0.4) is 0 Å². The lowest BCUT2D eigenvalue weighted by Crippen LogP contribution is -2.08. The number of halogens is 2. The Morgan fingerprint density at radius 1 is 1.12 bits per heavy atom. The van der Waals surface area contributed by atoms with Gasteiger partial charge in [0, 0.05) is 6.26 Å². The lowest BCUT2D eigenvalue weighted by atomic mass is 10.3. The van der Waals surface area contributed by atoms with Gasteiger partial charge < -0.3 is 4.74 Å². The summed E-state index contributed by atoms with van der Waals surface area (Å²) in [6.07, 6.45) is 1.11. The quantitative estimate of drug-likeness (QED) is 0.706. The Balaban J connectivity index is 1.84. The van der Waals surface area contributed by atoms with Crippen LogP contribution < -0.4 is 4.74 Å². The fourth-order valence-corrected chi connectivity index (χ4v) is 2.98. The molecule has 0 bridgehead atoms. The van der Waals surface area contributed by atoms with Crippen molar-refractivity contribution in [3.63, 3.8) is 0 Å². The molecule has 0 saturated heterocycles. The third-order valence-corrected chi connectivity index (χ3v) is 4.61. The molecule has 0 N–H and O–H groups in total. The Morgan fingerprint density at radius 3 is 2.42 bits per heavy atom. The summed E-state index contributed by atoms with van der Waals surface area (Å²) >= 11 is 0. The molecular weight excluding hydrogens is 338 g/mol. The summed E-state index contributed by atoms with van der Waals surface area (Å²) < 4.78 is 55.7. The number of aromatic nitrogens is 2. The zero-order valence-corrected chi connectivity index (χ0v) is 13.5. The molecule has 3 rings (SSSR count). The van der Waals surface area contributed by atoms with E-state index in [0.717, 1.165) is 10.8 Å². The molecule has 0 aliphatic heterocycles. The smallest absolute Gasteiger partial charge is 0.320 e. The minimum atomic E-state index is -3.29. The number of rotatable bonds is 5. The number of hydrogen-bond donors (Lipinski definition) is 0. The first-order valence-corrected chi connectivity index (χ1v) is 8.92. The van der Waals surface area contributed by atoms with Gasteiger partial charge in [0.2, 0.25) is 0 Å². The van der Waals surface area contributed by atoms with Gasteiger partial charge in [-0.1, -0.05) is 12.1 Å². The average molecular weight is 352 g/mol. The highest BCUT2D eigenvalue weighted by Gasteiger charge is 2.17. The Morgan fingerprint density at radius 2 is 1.79 bits per heavy atom. The van der Waals surface area contributed by atoms with Gasteiger partial charge >= 0.3 is 6.55 Å². The molecule has 24 heavy (non-hydrogen) atoms. The lowest BCUT2D eigenvalue weighted by molar-refractivity contribution is 0.0677. The van der Waals surface area contributed by atoms with Crippen LogP contribution in [-0.4, -0.2) is 24.2 Å². The topological polar surface area (TPSA) is 61.2 Å². The van der Waals surface area contributed by atoms with Crippen molar-refractivity contribution in [3.05, 3.63) is 54.4 Å². The van der Waals surface area contributed by atoms with Crippen LogP contribution >= 0.6 is 0 Å². The first-order chi connectivity index (χ1) is 11.4. The number of nitrogens with zero attached hydrogens (tertiary/aromatic N) is 2. The van der Waals surface area contributed by atoms with E-state index in [1.54, 1.807) is 24.3 Å². The van der Waals surface area contributed by atoms with Gasteiger partial charge in [0.25, 0.3) is 0 Å². The summed E-state index contributed by atoms with van der Waals surface area (Å²) in [6, 6.07) is 12.4. The van der Waals surface area contributed by atoms with Gasteiger partial charge in [0.05, 0.1) is 15.9 Å². The highest BCUT2D eigenvalue weighted by molar-refractivity contribution is 7.90. The van der Waals surface area contributed by atoms with Crippen molar-refractivity contribution < 1.29 is 21.9 Å². The van der Waals surface area contributed by atoms with E-state index in [-0.39, 0.29) is 17.3 Å². The third kappa shape index (κ3) is 3.23. The number of imidazole rings is 1. The molecule has 0 aliphatic rings. The first kappa shape index (κ1) is 16.4. The number of benzene rings is 2. The molecule has 2 aromatic carbocycles. The van der Waals surface area contributed by atoms with E-state index in [9.17, 15) is 17.2 Å². The molecule has 0 atom stereocenters. The predicted octanol–water partition coefficient (Wildman–Crippen LogP) is 3.41. The van der Waals surface area contributed by atoms with Crippen LogP contribution in [0.4, 0.5) is 8.78 Å². The lowest BCUT2D eigenvalue weighted by Gasteiger charge is -2.09. The first-order valence-electron chi connectivity index (χ1n) is 7.03. The molecule has 1 aromatic heterocycles. The normalized spacial score (nSPS) is 12.0. The van der Waals surface area contributed by atoms with Gasteiger partial charge in [0.15, 0.2) is 15.7 Å². The van der Waals surface area contributed by atoms with Crippen molar-refractivity contribution in [2.24, 2.45) is 0 Å². The van der Waals surface area contributed by atoms with E-state index in [1.807, 2.05) is 0 Å². The van der Waals surface area contributed by atoms with Gasteiger partial charge in [-0.15, -0.1) is 0 Å². The van der Waals surface area contributed by atoms with Crippen molar-refractivity contribution in [3.8, 4) is 5.75 Å². The van der Waals surface area contributed by atoms with Crippen LogP contribution in [0.25, 0.3) is 11.0 Å². The second-order valence-electron chi connectivity index (χ2n) is 5.20. The maximum absolute atomic E-state index is 13.3. The summed E-state index contributed by atoms with van der Waals surface area (Å²) in [4.78, 5) is 4.33. The molecule has 0 saturated carbocycles. The van der Waals surface area contributed by atoms with Gasteiger partial charge in [-0.3, -0.25) is 4.57 Å². The van der Waals surface area contributed by atoms with Crippen LogP contribution in [0.15, 0.2) is 53.4 Å². The number of sulfone groups is 1. The molecule has 3 aromatic rings. The fourth-order valence-electron chi connectivity index (χ4n) is 2.34. The second-order valence-corrected chi connectivity index (χ2v) is 7.21. The number of fused-ring (bicyclic) bond motifs is 1. The monoisotopic (exact) mass is 352 g/mol.